The predicted molar refractivity (Wildman–Crippen MR) is 68.1 cm³/mol. The molecular weight excluding hydrogens is 228 g/mol. The topological polar surface area (TPSA) is 55.2 Å². The highest BCUT2D eigenvalue weighted by atomic mass is 16.5. The van der Waals surface area contributed by atoms with Crippen molar-refractivity contribution in [2.75, 3.05) is 0 Å². The minimum Gasteiger partial charge on any atom is -0.486 e. The van der Waals surface area contributed by atoms with Gasteiger partial charge in [0.1, 0.15) is 12.2 Å². The van der Waals surface area contributed by atoms with Crippen LogP contribution in [0, 0.1) is 0 Å². The van der Waals surface area contributed by atoms with Crippen LogP contribution in [0.15, 0.2) is 42.7 Å². The smallest absolute Gasteiger partial charge is 0.159 e. The largest absolute Gasteiger partial charge is 0.486 e. The maximum absolute atomic E-state index is 9.72. The maximum Gasteiger partial charge on any atom is 0.159 e. The molecule has 4 nitrogen and oxygen atoms in total. The number of aromatic nitrogens is 2. The van der Waals surface area contributed by atoms with Crippen molar-refractivity contribution in [3.05, 3.63) is 54.1 Å². The molecule has 0 aliphatic rings. The van der Waals surface area contributed by atoms with Gasteiger partial charge in [0.15, 0.2) is 11.6 Å². The van der Waals surface area contributed by atoms with E-state index in [4.69, 9.17) is 4.74 Å². The van der Waals surface area contributed by atoms with Gasteiger partial charge in [-0.3, -0.25) is 0 Å². The second-order valence-corrected chi connectivity index (χ2v) is 4.58. The molecule has 0 saturated heterocycles. The fraction of sp³-hybridized carbons (Fsp3) is 0.286. The van der Waals surface area contributed by atoms with Crippen LogP contribution >= 0.6 is 0 Å². The fourth-order valence-electron chi connectivity index (χ4n) is 1.45. The molecule has 0 fully saturated rings. The Labute approximate surface area is 106 Å². The highest BCUT2D eigenvalue weighted by molar-refractivity contribution is 5.17. The zero-order chi connectivity index (χ0) is 13.0. The average molecular weight is 244 g/mol. The zero-order valence-electron chi connectivity index (χ0n) is 10.5. The van der Waals surface area contributed by atoms with Crippen molar-refractivity contribution < 1.29 is 9.84 Å². The van der Waals surface area contributed by atoms with Crippen molar-refractivity contribution in [3.63, 3.8) is 0 Å². The molecule has 0 amide bonds. The number of hydrogen-bond acceptors (Lipinski definition) is 4. The van der Waals surface area contributed by atoms with Crippen LogP contribution in [-0.2, 0) is 12.2 Å². The average Bonchev–Trinajstić information content (AvgIpc) is 2.37. The van der Waals surface area contributed by atoms with Gasteiger partial charge in [-0.25, -0.2) is 9.97 Å². The van der Waals surface area contributed by atoms with Gasteiger partial charge in [0.2, 0.25) is 0 Å². The number of aliphatic hydroxyl groups is 1. The molecule has 94 valence electrons. The van der Waals surface area contributed by atoms with Crippen LogP contribution in [-0.4, -0.2) is 15.1 Å². The van der Waals surface area contributed by atoms with Gasteiger partial charge >= 0.3 is 0 Å². The van der Waals surface area contributed by atoms with Gasteiger partial charge in [-0.2, -0.15) is 0 Å². The third-order valence-electron chi connectivity index (χ3n) is 2.42. The normalized spacial score (nSPS) is 11.3. The Morgan fingerprint density at radius 1 is 1.11 bits per heavy atom. The fourth-order valence-corrected chi connectivity index (χ4v) is 1.45. The minimum absolute atomic E-state index is 0.384. The minimum atomic E-state index is -1.03. The first-order chi connectivity index (χ1) is 8.55. The summed E-state index contributed by atoms with van der Waals surface area (Å²) in [6, 6.07) is 9.88. The summed E-state index contributed by atoms with van der Waals surface area (Å²) in [5, 5.41) is 9.72. The first kappa shape index (κ1) is 12.5. The van der Waals surface area contributed by atoms with Crippen LogP contribution in [0.5, 0.6) is 5.75 Å². The molecule has 0 atom stereocenters. The molecule has 2 aromatic rings. The number of ether oxygens (including phenoxy) is 1. The van der Waals surface area contributed by atoms with E-state index in [1.54, 1.807) is 26.2 Å². The van der Waals surface area contributed by atoms with Crippen LogP contribution in [0.1, 0.15) is 25.2 Å². The molecule has 18 heavy (non-hydrogen) atoms. The molecule has 1 heterocycles. The molecule has 0 radical (unpaired) electrons. The van der Waals surface area contributed by atoms with Crippen LogP contribution in [0.2, 0.25) is 0 Å². The van der Waals surface area contributed by atoms with E-state index in [2.05, 4.69) is 9.97 Å². The van der Waals surface area contributed by atoms with E-state index in [1.165, 1.54) is 0 Å². The lowest BCUT2D eigenvalue weighted by Crippen LogP contribution is -2.19. The molecule has 1 aromatic heterocycles. The standard InChI is InChI=1S/C14H16N2O2/c1-14(2,17)13-15-8-12(9-16-13)18-10-11-6-4-3-5-7-11/h3-9,17H,10H2,1-2H3. The Morgan fingerprint density at radius 2 is 1.72 bits per heavy atom. The SMILES string of the molecule is CC(C)(O)c1ncc(OCc2ccccc2)cn1. The lowest BCUT2D eigenvalue weighted by atomic mass is 10.1. The van der Waals surface area contributed by atoms with E-state index in [-0.39, 0.29) is 0 Å². The van der Waals surface area contributed by atoms with Gasteiger partial charge in [0.05, 0.1) is 12.4 Å². The summed E-state index contributed by atoms with van der Waals surface area (Å²) in [6.45, 7) is 3.77. The quantitative estimate of drug-likeness (QED) is 0.896. The molecule has 1 N–H and O–H groups in total. The Kier molecular flexibility index (Phi) is 3.58. The molecule has 0 aliphatic carbocycles. The third kappa shape index (κ3) is 3.28. The first-order valence-electron chi connectivity index (χ1n) is 5.77. The van der Waals surface area contributed by atoms with Crippen LogP contribution < -0.4 is 4.74 Å². The lowest BCUT2D eigenvalue weighted by molar-refractivity contribution is 0.0684. The van der Waals surface area contributed by atoms with Crippen molar-refractivity contribution >= 4 is 0 Å². The number of hydrogen-bond donors (Lipinski definition) is 1. The summed E-state index contributed by atoms with van der Waals surface area (Å²) in [4.78, 5) is 8.15. The second-order valence-electron chi connectivity index (χ2n) is 4.58. The van der Waals surface area contributed by atoms with Crippen molar-refractivity contribution in [2.24, 2.45) is 0 Å². The first-order valence-corrected chi connectivity index (χ1v) is 5.77. The number of benzene rings is 1. The number of nitrogens with zero attached hydrogens (tertiary/aromatic N) is 2. The van der Waals surface area contributed by atoms with Crippen molar-refractivity contribution in [1.29, 1.82) is 0 Å². The Morgan fingerprint density at radius 3 is 2.28 bits per heavy atom. The van der Waals surface area contributed by atoms with Crippen molar-refractivity contribution in [2.45, 2.75) is 26.1 Å². The van der Waals surface area contributed by atoms with Crippen molar-refractivity contribution in [1.82, 2.24) is 9.97 Å². The van der Waals surface area contributed by atoms with E-state index in [9.17, 15) is 5.11 Å². The van der Waals surface area contributed by atoms with Gasteiger partial charge in [-0.15, -0.1) is 0 Å². The molecule has 1 aromatic carbocycles. The van der Waals surface area contributed by atoms with E-state index >= 15 is 0 Å². The summed E-state index contributed by atoms with van der Waals surface area (Å²) in [5.41, 5.74) is 0.0573. The van der Waals surface area contributed by atoms with Crippen LogP contribution in [0.3, 0.4) is 0 Å². The molecule has 0 saturated carbocycles. The highest BCUT2D eigenvalue weighted by Gasteiger charge is 2.19. The lowest BCUT2D eigenvalue weighted by Gasteiger charge is -2.15. The Balaban J connectivity index is 1.99. The van der Waals surface area contributed by atoms with E-state index in [0.717, 1.165) is 5.56 Å². The van der Waals surface area contributed by atoms with Gasteiger partial charge in [-0.05, 0) is 19.4 Å². The highest BCUT2D eigenvalue weighted by Crippen LogP contribution is 2.17. The summed E-state index contributed by atoms with van der Waals surface area (Å²) < 4.78 is 5.55. The van der Waals surface area contributed by atoms with E-state index in [0.29, 0.717) is 18.2 Å². The predicted octanol–water partition coefficient (Wildman–Crippen LogP) is 2.28. The van der Waals surface area contributed by atoms with Gasteiger partial charge in [0.25, 0.3) is 0 Å². The molecule has 2 rings (SSSR count). The monoisotopic (exact) mass is 244 g/mol. The Bertz CT molecular complexity index is 489. The molecule has 4 heteroatoms. The summed E-state index contributed by atoms with van der Waals surface area (Å²) >= 11 is 0. The van der Waals surface area contributed by atoms with Gasteiger partial charge < -0.3 is 9.84 Å². The van der Waals surface area contributed by atoms with Crippen molar-refractivity contribution in [3.8, 4) is 5.75 Å². The summed E-state index contributed by atoms with van der Waals surface area (Å²) in [7, 11) is 0. The van der Waals surface area contributed by atoms with Gasteiger partial charge in [0, 0.05) is 0 Å². The molecule has 0 spiro atoms. The third-order valence-corrected chi connectivity index (χ3v) is 2.42. The van der Waals surface area contributed by atoms with Crippen LogP contribution in [0.4, 0.5) is 0 Å². The second kappa shape index (κ2) is 5.14. The number of rotatable bonds is 4. The summed E-state index contributed by atoms with van der Waals surface area (Å²) in [6.07, 6.45) is 3.15. The van der Waals surface area contributed by atoms with Gasteiger partial charge in [-0.1, -0.05) is 30.3 Å². The molecule has 0 bridgehead atoms. The van der Waals surface area contributed by atoms with E-state index < -0.39 is 5.60 Å². The van der Waals surface area contributed by atoms with E-state index in [1.807, 2.05) is 30.3 Å². The molecule has 0 aliphatic heterocycles. The Hall–Kier alpha value is -1.94. The maximum atomic E-state index is 9.72. The molecular formula is C14H16N2O2. The summed E-state index contributed by atoms with van der Waals surface area (Å²) in [5.74, 6) is 0.974. The zero-order valence-corrected chi connectivity index (χ0v) is 10.5. The molecule has 0 unspecified atom stereocenters. The van der Waals surface area contributed by atoms with Crippen LogP contribution in [0.25, 0.3) is 0 Å².